The van der Waals surface area contributed by atoms with Gasteiger partial charge in [0.15, 0.2) is 0 Å². The number of carbonyl (C=O) groups is 1. The number of carbonyl (C=O) groups excluding carboxylic acids is 1. The molecule has 1 aromatic rings. The number of hydrogen-bond donors (Lipinski definition) is 0. The molecule has 0 aliphatic carbocycles. The molecule has 16 heavy (non-hydrogen) atoms. The van der Waals surface area contributed by atoms with Gasteiger partial charge in [0.1, 0.15) is 0 Å². The molecule has 1 unspecified atom stereocenters. The standard InChI is InChI=1S/C12H15BrClNO/c1-8-4-5-10(6-11(8)13)12(16)15(3)7-9(2)14/h4-6,9H,7H2,1-3H3. The monoisotopic (exact) mass is 303 g/mol. The van der Waals surface area contributed by atoms with E-state index in [0.717, 1.165) is 10.0 Å². The second kappa shape index (κ2) is 5.69. The maximum absolute atomic E-state index is 12.0. The van der Waals surface area contributed by atoms with Crippen LogP contribution in [0.1, 0.15) is 22.8 Å². The third kappa shape index (κ3) is 3.49. The number of hydrogen-bond acceptors (Lipinski definition) is 1. The molecule has 0 aliphatic heterocycles. The van der Waals surface area contributed by atoms with Gasteiger partial charge in [0.25, 0.3) is 5.91 Å². The summed E-state index contributed by atoms with van der Waals surface area (Å²) in [4.78, 5) is 13.6. The Bertz CT molecular complexity index is 393. The predicted molar refractivity (Wildman–Crippen MR) is 71.2 cm³/mol. The lowest BCUT2D eigenvalue weighted by Gasteiger charge is -2.18. The van der Waals surface area contributed by atoms with E-state index in [0.29, 0.717) is 12.1 Å². The molecule has 1 aromatic carbocycles. The van der Waals surface area contributed by atoms with Gasteiger partial charge in [-0.15, -0.1) is 11.6 Å². The van der Waals surface area contributed by atoms with Gasteiger partial charge >= 0.3 is 0 Å². The van der Waals surface area contributed by atoms with Crippen LogP contribution in [0, 0.1) is 6.92 Å². The van der Waals surface area contributed by atoms with Gasteiger partial charge in [-0.3, -0.25) is 4.79 Å². The molecule has 0 aliphatic rings. The van der Waals surface area contributed by atoms with Crippen LogP contribution < -0.4 is 0 Å². The number of nitrogens with zero attached hydrogens (tertiary/aromatic N) is 1. The SMILES string of the molecule is Cc1ccc(C(=O)N(C)CC(C)Cl)cc1Br. The van der Waals surface area contributed by atoms with Gasteiger partial charge < -0.3 is 4.90 Å². The molecule has 2 nitrogen and oxygen atoms in total. The minimum absolute atomic E-state index is 0.00630. The molecule has 0 fully saturated rings. The molecule has 0 saturated carbocycles. The Hall–Kier alpha value is -0.540. The maximum atomic E-state index is 12.0. The van der Waals surface area contributed by atoms with Gasteiger partial charge in [0.2, 0.25) is 0 Å². The molecular weight excluding hydrogens is 289 g/mol. The van der Waals surface area contributed by atoms with Crippen LogP contribution in [0.15, 0.2) is 22.7 Å². The molecule has 1 rings (SSSR count). The Balaban J connectivity index is 2.84. The third-order valence-corrected chi connectivity index (χ3v) is 3.28. The summed E-state index contributed by atoms with van der Waals surface area (Å²) in [7, 11) is 1.76. The number of alkyl halides is 1. The van der Waals surface area contributed by atoms with Crippen molar-refractivity contribution in [3.63, 3.8) is 0 Å². The topological polar surface area (TPSA) is 20.3 Å². The van der Waals surface area contributed by atoms with Crippen molar-refractivity contribution in [2.45, 2.75) is 19.2 Å². The molecule has 0 spiro atoms. The largest absolute Gasteiger partial charge is 0.340 e. The van der Waals surface area contributed by atoms with E-state index >= 15 is 0 Å². The molecule has 1 atom stereocenters. The molecule has 0 radical (unpaired) electrons. The van der Waals surface area contributed by atoms with Crippen LogP contribution in [-0.4, -0.2) is 29.8 Å². The van der Waals surface area contributed by atoms with E-state index in [4.69, 9.17) is 11.6 Å². The summed E-state index contributed by atoms with van der Waals surface area (Å²) < 4.78 is 0.950. The minimum atomic E-state index is -0.0390. The Morgan fingerprint density at radius 3 is 2.69 bits per heavy atom. The third-order valence-electron chi connectivity index (χ3n) is 2.29. The summed E-state index contributed by atoms with van der Waals surface area (Å²) in [5, 5.41) is -0.0390. The summed E-state index contributed by atoms with van der Waals surface area (Å²) in [6, 6.07) is 5.60. The van der Waals surface area contributed by atoms with Gasteiger partial charge in [0, 0.05) is 29.0 Å². The van der Waals surface area contributed by atoms with Crippen LogP contribution in [0.4, 0.5) is 0 Å². The van der Waals surface area contributed by atoms with E-state index in [1.54, 1.807) is 11.9 Å². The first-order valence-electron chi connectivity index (χ1n) is 5.07. The highest BCUT2D eigenvalue weighted by Crippen LogP contribution is 2.18. The Labute approximate surface area is 110 Å². The van der Waals surface area contributed by atoms with E-state index < -0.39 is 0 Å². The van der Waals surface area contributed by atoms with E-state index in [1.165, 1.54) is 0 Å². The van der Waals surface area contributed by atoms with Crippen molar-refractivity contribution in [3.05, 3.63) is 33.8 Å². The van der Waals surface area contributed by atoms with Crippen molar-refractivity contribution in [1.82, 2.24) is 4.90 Å². The fourth-order valence-electron chi connectivity index (χ4n) is 1.41. The number of halogens is 2. The van der Waals surface area contributed by atoms with Crippen LogP contribution in [0.2, 0.25) is 0 Å². The lowest BCUT2D eigenvalue weighted by atomic mass is 10.1. The first-order valence-corrected chi connectivity index (χ1v) is 6.30. The molecule has 0 bridgehead atoms. The zero-order valence-electron chi connectivity index (χ0n) is 9.63. The Morgan fingerprint density at radius 2 is 2.19 bits per heavy atom. The second-order valence-corrected chi connectivity index (χ2v) is 5.53. The van der Waals surface area contributed by atoms with Crippen molar-refractivity contribution >= 4 is 33.4 Å². The summed E-state index contributed by atoms with van der Waals surface area (Å²) in [5.74, 6) is -0.00630. The van der Waals surface area contributed by atoms with Gasteiger partial charge in [-0.1, -0.05) is 22.0 Å². The van der Waals surface area contributed by atoms with E-state index in [1.807, 2.05) is 32.0 Å². The van der Waals surface area contributed by atoms with Crippen LogP contribution in [0.25, 0.3) is 0 Å². The minimum Gasteiger partial charge on any atom is -0.340 e. The van der Waals surface area contributed by atoms with Crippen LogP contribution >= 0.6 is 27.5 Å². The van der Waals surface area contributed by atoms with Crippen molar-refractivity contribution in [2.75, 3.05) is 13.6 Å². The lowest BCUT2D eigenvalue weighted by Crippen LogP contribution is -2.31. The molecule has 1 amide bonds. The molecule has 0 heterocycles. The zero-order valence-corrected chi connectivity index (χ0v) is 12.0. The van der Waals surface area contributed by atoms with E-state index in [9.17, 15) is 4.79 Å². The second-order valence-electron chi connectivity index (χ2n) is 3.93. The quantitative estimate of drug-likeness (QED) is 0.783. The summed E-state index contributed by atoms with van der Waals surface area (Å²) in [6.07, 6.45) is 0. The first-order chi connectivity index (χ1) is 7.41. The highest BCUT2D eigenvalue weighted by molar-refractivity contribution is 9.10. The van der Waals surface area contributed by atoms with Gasteiger partial charge in [-0.2, -0.15) is 0 Å². The predicted octanol–water partition coefficient (Wildman–Crippen LogP) is 3.46. The normalized spacial score (nSPS) is 12.3. The molecule has 0 saturated heterocycles. The van der Waals surface area contributed by atoms with Crippen molar-refractivity contribution in [3.8, 4) is 0 Å². The summed E-state index contributed by atoms with van der Waals surface area (Å²) in [5.41, 5.74) is 1.79. The summed E-state index contributed by atoms with van der Waals surface area (Å²) in [6.45, 7) is 4.41. The van der Waals surface area contributed by atoms with Crippen LogP contribution in [0.5, 0.6) is 0 Å². The van der Waals surface area contributed by atoms with Gasteiger partial charge in [0.05, 0.1) is 0 Å². The Morgan fingerprint density at radius 1 is 1.56 bits per heavy atom. The van der Waals surface area contributed by atoms with E-state index in [2.05, 4.69) is 15.9 Å². The van der Waals surface area contributed by atoms with Crippen molar-refractivity contribution < 1.29 is 4.79 Å². The van der Waals surface area contributed by atoms with E-state index in [-0.39, 0.29) is 11.3 Å². The van der Waals surface area contributed by atoms with Crippen molar-refractivity contribution in [2.24, 2.45) is 0 Å². The molecule has 0 N–H and O–H groups in total. The first kappa shape index (κ1) is 13.5. The number of benzene rings is 1. The lowest BCUT2D eigenvalue weighted by molar-refractivity contribution is 0.0796. The molecule has 88 valence electrons. The number of aryl methyl sites for hydroxylation is 1. The van der Waals surface area contributed by atoms with Gasteiger partial charge in [-0.05, 0) is 31.5 Å². The highest BCUT2D eigenvalue weighted by Gasteiger charge is 2.13. The van der Waals surface area contributed by atoms with Crippen LogP contribution in [-0.2, 0) is 0 Å². The molecule has 0 aromatic heterocycles. The number of rotatable bonds is 3. The molecular formula is C12H15BrClNO. The number of amides is 1. The smallest absolute Gasteiger partial charge is 0.253 e. The van der Waals surface area contributed by atoms with Crippen molar-refractivity contribution in [1.29, 1.82) is 0 Å². The summed E-state index contributed by atoms with van der Waals surface area (Å²) >= 11 is 9.28. The molecule has 4 heteroatoms. The average molecular weight is 305 g/mol. The average Bonchev–Trinajstić information content (AvgIpc) is 2.20. The Kier molecular flexibility index (Phi) is 4.81. The van der Waals surface area contributed by atoms with Crippen LogP contribution in [0.3, 0.4) is 0 Å². The highest BCUT2D eigenvalue weighted by atomic mass is 79.9. The van der Waals surface area contributed by atoms with Gasteiger partial charge in [-0.25, -0.2) is 0 Å². The zero-order chi connectivity index (χ0) is 12.3. The maximum Gasteiger partial charge on any atom is 0.253 e. The fourth-order valence-corrected chi connectivity index (χ4v) is 1.99. The fraction of sp³-hybridized carbons (Fsp3) is 0.417.